The van der Waals surface area contributed by atoms with Crippen LogP contribution >= 0.6 is 0 Å². The van der Waals surface area contributed by atoms with Gasteiger partial charge in [0.05, 0.1) is 12.1 Å². The predicted molar refractivity (Wildman–Crippen MR) is 66.8 cm³/mol. The summed E-state index contributed by atoms with van der Waals surface area (Å²) in [5.41, 5.74) is 9.83. The number of pyridine rings is 1. The van der Waals surface area contributed by atoms with Crippen LogP contribution in [0.4, 0.5) is 5.69 Å². The maximum Gasteiger partial charge on any atom is 0.120 e. The predicted octanol–water partition coefficient (Wildman–Crippen LogP) is 2.83. The van der Waals surface area contributed by atoms with Gasteiger partial charge in [0, 0.05) is 16.8 Å². The molecule has 1 aromatic carbocycles. The molecule has 0 saturated heterocycles. The van der Waals surface area contributed by atoms with Gasteiger partial charge in [-0.2, -0.15) is 0 Å². The Kier molecular flexibility index (Phi) is 2.69. The summed E-state index contributed by atoms with van der Waals surface area (Å²) in [5.74, 6) is 0.840. The first-order chi connectivity index (χ1) is 7.63. The number of aryl methyl sites for hydroxylation is 1. The Balaban J connectivity index is 2.68. The molecule has 0 spiro atoms. The van der Waals surface area contributed by atoms with E-state index in [9.17, 15) is 0 Å². The number of benzene rings is 1. The highest BCUT2D eigenvalue weighted by Gasteiger charge is 2.07. The molecule has 0 atom stereocenters. The summed E-state index contributed by atoms with van der Waals surface area (Å²) in [7, 11) is 0. The van der Waals surface area contributed by atoms with Crippen LogP contribution in [0.1, 0.15) is 18.2 Å². The number of nitrogens with zero attached hydrogens (tertiary/aromatic N) is 1. The van der Waals surface area contributed by atoms with Gasteiger partial charge >= 0.3 is 0 Å². The fourth-order valence-electron chi connectivity index (χ4n) is 1.75. The first-order valence-corrected chi connectivity index (χ1v) is 5.42. The number of ether oxygens (including phenoxy) is 1. The molecule has 0 unspecified atom stereocenters. The Hall–Kier alpha value is -1.77. The highest BCUT2D eigenvalue weighted by atomic mass is 16.5. The van der Waals surface area contributed by atoms with Crippen LogP contribution in [0.25, 0.3) is 10.9 Å². The largest absolute Gasteiger partial charge is 0.494 e. The van der Waals surface area contributed by atoms with Crippen molar-refractivity contribution in [2.24, 2.45) is 0 Å². The van der Waals surface area contributed by atoms with Crippen LogP contribution in [0.15, 0.2) is 18.2 Å². The SMILES string of the molecule is CCOc1ccc2nc(C)c(C)c(N)c2c1. The Morgan fingerprint density at radius 3 is 2.75 bits per heavy atom. The van der Waals surface area contributed by atoms with Crippen molar-refractivity contribution >= 4 is 16.6 Å². The van der Waals surface area contributed by atoms with E-state index in [1.807, 2.05) is 39.0 Å². The summed E-state index contributed by atoms with van der Waals surface area (Å²) in [5, 5.41) is 0.967. The lowest BCUT2D eigenvalue weighted by molar-refractivity contribution is 0.340. The van der Waals surface area contributed by atoms with E-state index in [2.05, 4.69) is 4.98 Å². The van der Waals surface area contributed by atoms with E-state index in [0.717, 1.165) is 33.6 Å². The fraction of sp³-hybridized carbons (Fsp3) is 0.308. The monoisotopic (exact) mass is 216 g/mol. The number of rotatable bonds is 2. The molecule has 0 aliphatic heterocycles. The van der Waals surface area contributed by atoms with E-state index in [-0.39, 0.29) is 0 Å². The zero-order valence-electron chi connectivity index (χ0n) is 9.87. The number of nitrogen functional groups attached to an aromatic ring is 1. The van der Waals surface area contributed by atoms with Gasteiger partial charge in [-0.15, -0.1) is 0 Å². The lowest BCUT2D eigenvalue weighted by Gasteiger charge is -2.10. The summed E-state index contributed by atoms with van der Waals surface area (Å²) in [6, 6.07) is 5.82. The minimum absolute atomic E-state index is 0.656. The van der Waals surface area contributed by atoms with Crippen molar-refractivity contribution in [3.8, 4) is 5.75 Å². The van der Waals surface area contributed by atoms with Crippen LogP contribution in [-0.4, -0.2) is 11.6 Å². The fourth-order valence-corrected chi connectivity index (χ4v) is 1.75. The van der Waals surface area contributed by atoms with Crippen LogP contribution in [0, 0.1) is 13.8 Å². The standard InChI is InChI=1S/C13H16N2O/c1-4-16-10-5-6-12-11(7-10)13(14)8(2)9(3)15-12/h5-7H,4H2,1-3H3,(H2,14,15). The summed E-state index contributed by atoms with van der Waals surface area (Å²) < 4.78 is 5.46. The molecular formula is C13H16N2O. The molecule has 16 heavy (non-hydrogen) atoms. The molecule has 0 fully saturated rings. The summed E-state index contributed by atoms with van der Waals surface area (Å²) in [6.07, 6.45) is 0. The zero-order chi connectivity index (χ0) is 11.7. The van der Waals surface area contributed by atoms with Gasteiger partial charge < -0.3 is 10.5 Å². The van der Waals surface area contributed by atoms with Gasteiger partial charge in [0.2, 0.25) is 0 Å². The van der Waals surface area contributed by atoms with Crippen LogP contribution in [0.2, 0.25) is 0 Å². The van der Waals surface area contributed by atoms with Gasteiger partial charge in [-0.3, -0.25) is 4.98 Å². The van der Waals surface area contributed by atoms with Crippen LogP contribution < -0.4 is 10.5 Å². The summed E-state index contributed by atoms with van der Waals surface area (Å²) in [4.78, 5) is 4.50. The van der Waals surface area contributed by atoms with Crippen molar-refractivity contribution in [2.75, 3.05) is 12.3 Å². The van der Waals surface area contributed by atoms with Gasteiger partial charge in [0.15, 0.2) is 0 Å². The first kappa shape index (κ1) is 10.7. The quantitative estimate of drug-likeness (QED) is 0.839. The van der Waals surface area contributed by atoms with E-state index >= 15 is 0 Å². The maximum absolute atomic E-state index is 6.09. The second-order valence-electron chi connectivity index (χ2n) is 3.85. The van der Waals surface area contributed by atoms with Gasteiger partial charge in [0.1, 0.15) is 5.75 Å². The van der Waals surface area contributed by atoms with Crippen LogP contribution in [-0.2, 0) is 0 Å². The highest BCUT2D eigenvalue weighted by Crippen LogP contribution is 2.28. The molecule has 0 amide bonds. The minimum atomic E-state index is 0.656. The number of hydrogen-bond donors (Lipinski definition) is 1. The van der Waals surface area contributed by atoms with E-state index in [0.29, 0.717) is 6.61 Å². The average Bonchev–Trinajstić information content (AvgIpc) is 2.28. The maximum atomic E-state index is 6.09. The van der Waals surface area contributed by atoms with Crippen LogP contribution in [0.5, 0.6) is 5.75 Å². The molecule has 1 aromatic heterocycles. The molecule has 1 heterocycles. The minimum Gasteiger partial charge on any atom is -0.494 e. The van der Waals surface area contributed by atoms with Gasteiger partial charge in [-0.25, -0.2) is 0 Å². The molecule has 0 aliphatic rings. The molecule has 2 aromatic rings. The second-order valence-corrected chi connectivity index (χ2v) is 3.85. The van der Waals surface area contributed by atoms with Crippen LogP contribution in [0.3, 0.4) is 0 Å². The molecule has 0 saturated carbocycles. The Morgan fingerprint density at radius 2 is 2.06 bits per heavy atom. The van der Waals surface area contributed by atoms with Crippen molar-refractivity contribution in [3.05, 3.63) is 29.5 Å². The van der Waals surface area contributed by atoms with Crippen molar-refractivity contribution < 1.29 is 4.74 Å². The van der Waals surface area contributed by atoms with Crippen molar-refractivity contribution in [2.45, 2.75) is 20.8 Å². The van der Waals surface area contributed by atoms with Gasteiger partial charge in [-0.1, -0.05) is 0 Å². The molecule has 84 valence electrons. The lowest BCUT2D eigenvalue weighted by atomic mass is 10.1. The molecule has 2 rings (SSSR count). The summed E-state index contributed by atoms with van der Waals surface area (Å²) in [6.45, 7) is 6.59. The van der Waals surface area contributed by atoms with E-state index in [1.165, 1.54) is 0 Å². The Bertz CT molecular complexity index is 535. The first-order valence-electron chi connectivity index (χ1n) is 5.42. The van der Waals surface area contributed by atoms with E-state index in [1.54, 1.807) is 0 Å². The number of fused-ring (bicyclic) bond motifs is 1. The molecule has 2 N–H and O–H groups in total. The van der Waals surface area contributed by atoms with Gasteiger partial charge in [0.25, 0.3) is 0 Å². The Morgan fingerprint density at radius 1 is 1.31 bits per heavy atom. The third-order valence-electron chi connectivity index (χ3n) is 2.80. The lowest BCUT2D eigenvalue weighted by Crippen LogP contribution is -1.98. The van der Waals surface area contributed by atoms with E-state index in [4.69, 9.17) is 10.5 Å². The molecule has 3 heteroatoms. The number of anilines is 1. The summed E-state index contributed by atoms with van der Waals surface area (Å²) >= 11 is 0. The van der Waals surface area contributed by atoms with Gasteiger partial charge in [-0.05, 0) is 44.5 Å². The zero-order valence-corrected chi connectivity index (χ0v) is 9.87. The van der Waals surface area contributed by atoms with Crippen molar-refractivity contribution in [1.82, 2.24) is 4.98 Å². The molecule has 0 aliphatic carbocycles. The Labute approximate surface area is 95.2 Å². The van der Waals surface area contributed by atoms with Crippen molar-refractivity contribution in [3.63, 3.8) is 0 Å². The normalized spacial score (nSPS) is 10.7. The third-order valence-corrected chi connectivity index (χ3v) is 2.80. The molecule has 3 nitrogen and oxygen atoms in total. The molecule has 0 bridgehead atoms. The molecule has 0 radical (unpaired) electrons. The average molecular weight is 216 g/mol. The smallest absolute Gasteiger partial charge is 0.120 e. The second kappa shape index (κ2) is 4.00. The topological polar surface area (TPSA) is 48.1 Å². The third kappa shape index (κ3) is 1.69. The van der Waals surface area contributed by atoms with E-state index < -0.39 is 0 Å². The highest BCUT2D eigenvalue weighted by molar-refractivity contribution is 5.93. The van der Waals surface area contributed by atoms with Crippen molar-refractivity contribution in [1.29, 1.82) is 0 Å². The number of hydrogen-bond acceptors (Lipinski definition) is 3. The number of nitrogens with two attached hydrogens (primary N) is 1. The molecular weight excluding hydrogens is 200 g/mol. The number of aromatic nitrogens is 1.